The monoisotopic (exact) mass is 396 g/mol. The van der Waals surface area contributed by atoms with Crippen molar-refractivity contribution in [1.29, 1.82) is 0 Å². The smallest absolute Gasteiger partial charge is 0.224 e. The number of ketones is 1. The van der Waals surface area contributed by atoms with E-state index >= 15 is 0 Å². The van der Waals surface area contributed by atoms with Gasteiger partial charge in [0, 0.05) is 44.6 Å². The van der Waals surface area contributed by atoms with Crippen LogP contribution in [0.3, 0.4) is 0 Å². The number of hydrogen-bond donors (Lipinski definition) is 0. The molecule has 1 saturated carbocycles. The zero-order valence-corrected chi connectivity index (χ0v) is 18.2. The van der Waals surface area contributed by atoms with Crippen LogP contribution in [0.15, 0.2) is 0 Å². The number of hydrogen-bond acceptors (Lipinski definition) is 5. The molecule has 28 heavy (non-hydrogen) atoms. The number of Topliss-reactive ketones (excluding diaryl/α,β-unsaturated/α-hetero) is 1. The lowest BCUT2D eigenvalue weighted by atomic mass is 9.82. The van der Waals surface area contributed by atoms with Crippen LogP contribution in [0.25, 0.3) is 0 Å². The Morgan fingerprint density at radius 2 is 1.64 bits per heavy atom. The van der Waals surface area contributed by atoms with Crippen molar-refractivity contribution >= 4 is 11.7 Å². The summed E-state index contributed by atoms with van der Waals surface area (Å²) in [4.78, 5) is 28.8. The lowest BCUT2D eigenvalue weighted by Gasteiger charge is -2.41. The van der Waals surface area contributed by atoms with Crippen molar-refractivity contribution in [1.82, 2.24) is 9.80 Å². The van der Waals surface area contributed by atoms with Crippen molar-refractivity contribution in [2.75, 3.05) is 46.0 Å². The van der Waals surface area contributed by atoms with Gasteiger partial charge in [0.1, 0.15) is 5.78 Å². The molecule has 1 amide bonds. The van der Waals surface area contributed by atoms with Gasteiger partial charge in [0.2, 0.25) is 5.91 Å². The Hall–Kier alpha value is -0.980. The highest BCUT2D eigenvalue weighted by atomic mass is 16.5. The molecule has 2 rings (SSSR count). The second-order valence-corrected chi connectivity index (χ2v) is 8.19. The van der Waals surface area contributed by atoms with Gasteiger partial charge >= 0.3 is 0 Å². The maximum atomic E-state index is 12.4. The van der Waals surface area contributed by atoms with Crippen LogP contribution in [0.5, 0.6) is 0 Å². The van der Waals surface area contributed by atoms with Crippen LogP contribution in [0, 0.1) is 5.92 Å². The van der Waals surface area contributed by atoms with E-state index in [-0.39, 0.29) is 12.0 Å². The first-order valence-corrected chi connectivity index (χ1v) is 11.3. The largest absolute Gasteiger partial charge is 0.379 e. The third-order valence-corrected chi connectivity index (χ3v) is 6.35. The molecule has 6 heteroatoms. The van der Waals surface area contributed by atoms with Gasteiger partial charge in [0.15, 0.2) is 0 Å². The Morgan fingerprint density at radius 1 is 0.964 bits per heavy atom. The molecular weight excluding hydrogens is 356 g/mol. The molecule has 162 valence electrons. The maximum Gasteiger partial charge on any atom is 0.224 e. The minimum absolute atomic E-state index is 0.194. The topological polar surface area (TPSA) is 59.1 Å². The Bertz CT molecular complexity index is 469. The summed E-state index contributed by atoms with van der Waals surface area (Å²) in [5.41, 5.74) is 0. The first-order chi connectivity index (χ1) is 13.5. The number of rotatable bonds is 11. The summed E-state index contributed by atoms with van der Waals surface area (Å²) in [6, 6.07) is 0.590. The van der Waals surface area contributed by atoms with Gasteiger partial charge in [0.25, 0.3) is 0 Å². The fourth-order valence-electron chi connectivity index (χ4n) is 4.23. The summed E-state index contributed by atoms with van der Waals surface area (Å²) < 4.78 is 11.1. The van der Waals surface area contributed by atoms with Crippen molar-refractivity contribution < 1.29 is 19.1 Å². The Labute approximate surface area is 170 Å². The lowest BCUT2D eigenvalue weighted by Crippen LogP contribution is -2.52. The average Bonchev–Trinajstić information content (AvgIpc) is 2.75. The number of carbonyl (C=O) groups excluding carboxylic acids is 2. The van der Waals surface area contributed by atoms with Gasteiger partial charge in [-0.3, -0.25) is 14.5 Å². The second kappa shape index (κ2) is 12.6. The van der Waals surface area contributed by atoms with Crippen LogP contribution < -0.4 is 0 Å². The summed E-state index contributed by atoms with van der Waals surface area (Å²) >= 11 is 0. The van der Waals surface area contributed by atoms with Crippen LogP contribution in [0.2, 0.25) is 0 Å². The molecule has 0 aromatic carbocycles. The highest BCUT2D eigenvalue weighted by Crippen LogP contribution is 2.29. The summed E-state index contributed by atoms with van der Waals surface area (Å²) in [7, 11) is 0. The van der Waals surface area contributed by atoms with E-state index < -0.39 is 0 Å². The Morgan fingerprint density at radius 3 is 2.25 bits per heavy atom. The molecule has 1 saturated heterocycles. The number of piperazine rings is 1. The maximum absolute atomic E-state index is 12.4. The molecule has 0 bridgehead atoms. The van der Waals surface area contributed by atoms with Crippen LogP contribution >= 0.6 is 0 Å². The van der Waals surface area contributed by atoms with Gasteiger partial charge < -0.3 is 14.4 Å². The van der Waals surface area contributed by atoms with Gasteiger partial charge in [0.05, 0.1) is 32.3 Å². The van der Waals surface area contributed by atoms with E-state index in [2.05, 4.69) is 18.7 Å². The number of ether oxygens (including phenoxy) is 2. The average molecular weight is 397 g/mol. The van der Waals surface area contributed by atoms with Crippen molar-refractivity contribution in [2.45, 2.75) is 77.9 Å². The standard InChI is InChI=1S/C22H40N2O4/c1-4-18(3)28-17-16-27-15-10-22(26)24-13-11-23(12-14-24)20-8-6-19(7-9-20)21(25)5-2/h18-20H,4-17H2,1-3H3. The number of carbonyl (C=O) groups is 2. The molecule has 0 aromatic rings. The Balaban J connectivity index is 1.56. The third kappa shape index (κ3) is 7.45. The number of nitrogens with zero attached hydrogens (tertiary/aromatic N) is 2. The summed E-state index contributed by atoms with van der Waals surface area (Å²) in [6.45, 7) is 11.3. The molecule has 1 unspecified atom stereocenters. The zero-order valence-electron chi connectivity index (χ0n) is 18.2. The van der Waals surface area contributed by atoms with E-state index in [1.807, 2.05) is 11.8 Å². The third-order valence-electron chi connectivity index (χ3n) is 6.35. The molecule has 0 aromatic heterocycles. The van der Waals surface area contributed by atoms with E-state index in [9.17, 15) is 9.59 Å². The first kappa shape index (κ1) is 23.3. The van der Waals surface area contributed by atoms with E-state index in [4.69, 9.17) is 9.47 Å². The quantitative estimate of drug-likeness (QED) is 0.503. The summed E-state index contributed by atoms with van der Waals surface area (Å²) in [5.74, 6) is 0.918. The van der Waals surface area contributed by atoms with Gasteiger partial charge in [-0.15, -0.1) is 0 Å². The molecule has 1 atom stereocenters. The van der Waals surface area contributed by atoms with Crippen LogP contribution in [0.4, 0.5) is 0 Å². The van der Waals surface area contributed by atoms with Crippen molar-refractivity contribution in [3.63, 3.8) is 0 Å². The minimum Gasteiger partial charge on any atom is -0.379 e. The fraction of sp³-hybridized carbons (Fsp3) is 0.909. The van der Waals surface area contributed by atoms with E-state index in [1.165, 1.54) is 0 Å². The molecule has 2 fully saturated rings. The minimum atomic E-state index is 0.194. The van der Waals surface area contributed by atoms with Gasteiger partial charge in [-0.2, -0.15) is 0 Å². The normalized spacial score (nSPS) is 24.9. The first-order valence-electron chi connectivity index (χ1n) is 11.3. The summed E-state index contributed by atoms with van der Waals surface area (Å²) in [6.07, 6.45) is 6.71. The number of amides is 1. The molecule has 2 aliphatic rings. The zero-order chi connectivity index (χ0) is 20.4. The van der Waals surface area contributed by atoms with Crippen LogP contribution in [-0.4, -0.2) is 79.6 Å². The van der Waals surface area contributed by atoms with E-state index in [0.717, 1.165) is 58.3 Å². The Kier molecular flexibility index (Phi) is 10.4. The molecule has 0 spiro atoms. The molecular formula is C22H40N2O4. The van der Waals surface area contributed by atoms with E-state index in [0.29, 0.717) is 50.4 Å². The van der Waals surface area contributed by atoms with E-state index in [1.54, 1.807) is 0 Å². The highest BCUT2D eigenvalue weighted by Gasteiger charge is 2.31. The molecule has 1 aliphatic heterocycles. The molecule has 0 radical (unpaired) electrons. The van der Waals surface area contributed by atoms with Gasteiger partial charge in [-0.05, 0) is 39.0 Å². The fourth-order valence-corrected chi connectivity index (χ4v) is 4.23. The predicted molar refractivity (Wildman–Crippen MR) is 110 cm³/mol. The molecule has 1 heterocycles. The second-order valence-electron chi connectivity index (χ2n) is 8.19. The molecule has 1 aliphatic carbocycles. The molecule has 6 nitrogen and oxygen atoms in total. The van der Waals surface area contributed by atoms with Crippen LogP contribution in [0.1, 0.15) is 65.7 Å². The van der Waals surface area contributed by atoms with Gasteiger partial charge in [-0.25, -0.2) is 0 Å². The predicted octanol–water partition coefficient (Wildman–Crippen LogP) is 2.89. The SMILES string of the molecule is CCC(=O)C1CCC(N2CCN(C(=O)CCOCCOC(C)CC)CC2)CC1. The van der Waals surface area contributed by atoms with Crippen molar-refractivity contribution in [2.24, 2.45) is 5.92 Å². The van der Waals surface area contributed by atoms with Crippen LogP contribution in [-0.2, 0) is 19.1 Å². The lowest BCUT2D eigenvalue weighted by molar-refractivity contribution is -0.135. The highest BCUT2D eigenvalue weighted by molar-refractivity contribution is 5.80. The van der Waals surface area contributed by atoms with Gasteiger partial charge in [-0.1, -0.05) is 13.8 Å². The van der Waals surface area contributed by atoms with Crippen molar-refractivity contribution in [3.8, 4) is 0 Å². The molecule has 0 N–H and O–H groups in total. The summed E-state index contributed by atoms with van der Waals surface area (Å²) in [5, 5.41) is 0. The van der Waals surface area contributed by atoms with Crippen molar-refractivity contribution in [3.05, 3.63) is 0 Å².